The van der Waals surface area contributed by atoms with Crippen molar-refractivity contribution in [2.24, 2.45) is 5.41 Å². The molecule has 132 valence electrons. The van der Waals surface area contributed by atoms with Gasteiger partial charge in [0, 0.05) is 13.0 Å². The minimum Gasteiger partial charge on any atom is -0.349 e. The fourth-order valence-electron chi connectivity index (χ4n) is 3.95. The number of hydrogen-bond donors (Lipinski definition) is 0. The summed E-state index contributed by atoms with van der Waals surface area (Å²) < 4.78 is 12.7. The summed E-state index contributed by atoms with van der Waals surface area (Å²) in [6.45, 7) is 7.90. The molecule has 1 heterocycles. The van der Waals surface area contributed by atoms with Gasteiger partial charge in [0.2, 0.25) is 0 Å². The zero-order valence-electron chi connectivity index (χ0n) is 15.4. The summed E-state index contributed by atoms with van der Waals surface area (Å²) in [6.07, 6.45) is 0.542. The van der Waals surface area contributed by atoms with Crippen LogP contribution in [-0.2, 0) is 19.9 Å². The molecule has 0 aliphatic carbocycles. The Kier molecular flexibility index (Phi) is 4.56. The van der Waals surface area contributed by atoms with Crippen molar-refractivity contribution < 1.29 is 14.3 Å². The molecule has 0 saturated carbocycles. The Morgan fingerprint density at radius 1 is 1.00 bits per heavy atom. The first-order valence-corrected chi connectivity index (χ1v) is 8.84. The van der Waals surface area contributed by atoms with Crippen LogP contribution in [0.25, 0.3) is 0 Å². The quantitative estimate of drug-likeness (QED) is 0.793. The van der Waals surface area contributed by atoms with E-state index >= 15 is 0 Å². The summed E-state index contributed by atoms with van der Waals surface area (Å²) >= 11 is 0. The third-order valence-corrected chi connectivity index (χ3v) is 5.65. The number of carbonyl (C=O) groups is 1. The van der Waals surface area contributed by atoms with Crippen molar-refractivity contribution in [3.8, 4) is 0 Å². The van der Waals surface area contributed by atoms with Crippen molar-refractivity contribution in [2.45, 2.75) is 45.5 Å². The van der Waals surface area contributed by atoms with Crippen molar-refractivity contribution in [3.05, 3.63) is 71.8 Å². The molecule has 1 saturated heterocycles. The monoisotopic (exact) mass is 338 g/mol. The summed E-state index contributed by atoms with van der Waals surface area (Å²) in [7, 11) is 0. The van der Waals surface area contributed by atoms with Gasteiger partial charge in [0.25, 0.3) is 0 Å². The Labute approximate surface area is 150 Å². The second-order valence-corrected chi connectivity index (χ2v) is 7.10. The molecule has 2 aromatic rings. The van der Waals surface area contributed by atoms with E-state index in [2.05, 4.69) is 24.3 Å². The van der Waals surface area contributed by atoms with Crippen molar-refractivity contribution in [3.63, 3.8) is 0 Å². The molecule has 1 fully saturated rings. The van der Waals surface area contributed by atoms with Gasteiger partial charge in [-0.3, -0.25) is 4.79 Å². The summed E-state index contributed by atoms with van der Waals surface area (Å²) in [5.41, 5.74) is 0.621. The molecule has 1 aliphatic heterocycles. The molecule has 3 nitrogen and oxygen atoms in total. The molecule has 0 spiro atoms. The molecule has 0 amide bonds. The second-order valence-electron chi connectivity index (χ2n) is 7.10. The van der Waals surface area contributed by atoms with Gasteiger partial charge in [0.15, 0.2) is 5.79 Å². The molecule has 0 radical (unpaired) electrons. The normalized spacial score (nSPS) is 28.0. The minimum absolute atomic E-state index is 0.0807. The van der Waals surface area contributed by atoms with Gasteiger partial charge in [-0.05, 0) is 38.8 Å². The predicted octanol–water partition coefficient (Wildman–Crippen LogP) is 4.70. The third-order valence-electron chi connectivity index (χ3n) is 5.65. The van der Waals surface area contributed by atoms with Gasteiger partial charge in [-0.15, -0.1) is 0 Å². The number of hydrogen-bond acceptors (Lipinski definition) is 3. The van der Waals surface area contributed by atoms with Crippen LogP contribution < -0.4 is 0 Å². The van der Waals surface area contributed by atoms with Gasteiger partial charge in [-0.1, -0.05) is 60.7 Å². The van der Waals surface area contributed by atoms with Crippen molar-refractivity contribution in [2.75, 3.05) is 6.61 Å². The van der Waals surface area contributed by atoms with E-state index in [0.717, 1.165) is 11.1 Å². The Hall–Kier alpha value is -1.97. The molecule has 3 heteroatoms. The van der Waals surface area contributed by atoms with Gasteiger partial charge in [-0.2, -0.15) is 0 Å². The highest BCUT2D eigenvalue weighted by Gasteiger charge is 2.64. The molecular weight excluding hydrogens is 312 g/mol. The highest BCUT2D eigenvalue weighted by Crippen LogP contribution is 2.58. The van der Waals surface area contributed by atoms with Crippen LogP contribution >= 0.6 is 0 Å². The molecule has 1 aliphatic rings. The molecule has 2 atom stereocenters. The van der Waals surface area contributed by atoms with Crippen LogP contribution in [0.3, 0.4) is 0 Å². The largest absolute Gasteiger partial charge is 0.349 e. The maximum absolute atomic E-state index is 12.6. The van der Waals surface area contributed by atoms with E-state index in [1.807, 2.05) is 57.2 Å². The van der Waals surface area contributed by atoms with E-state index in [1.54, 1.807) is 6.92 Å². The molecule has 0 bridgehead atoms. The van der Waals surface area contributed by atoms with E-state index in [4.69, 9.17) is 9.47 Å². The fourth-order valence-corrected chi connectivity index (χ4v) is 3.95. The highest BCUT2D eigenvalue weighted by molar-refractivity contribution is 5.84. The zero-order chi connectivity index (χ0) is 18.1. The highest BCUT2D eigenvalue weighted by atomic mass is 16.7. The standard InChI is InChI=1S/C22H26O3/c1-5-24-21(4)20(3,17(2)23)16-22(25-21,18-12-8-6-9-13-18)19-14-10-7-11-15-19/h6-15H,5,16H2,1-4H3. The first-order valence-electron chi connectivity index (χ1n) is 8.84. The lowest BCUT2D eigenvalue weighted by atomic mass is 9.70. The second kappa shape index (κ2) is 6.40. The molecular formula is C22H26O3. The molecule has 0 aromatic heterocycles. The number of ketones is 1. The van der Waals surface area contributed by atoms with Crippen LogP contribution in [0, 0.1) is 5.41 Å². The van der Waals surface area contributed by atoms with Gasteiger partial charge in [-0.25, -0.2) is 0 Å². The van der Waals surface area contributed by atoms with Gasteiger partial charge >= 0.3 is 0 Å². The SMILES string of the molecule is CCOC1(C)OC(c2ccccc2)(c2ccccc2)CC1(C)C(C)=O. The van der Waals surface area contributed by atoms with Crippen molar-refractivity contribution in [1.82, 2.24) is 0 Å². The van der Waals surface area contributed by atoms with Gasteiger partial charge in [0.05, 0.1) is 5.41 Å². The Balaban J connectivity index is 2.23. The van der Waals surface area contributed by atoms with Crippen LogP contribution in [0.4, 0.5) is 0 Å². The number of benzene rings is 2. The van der Waals surface area contributed by atoms with E-state index < -0.39 is 16.8 Å². The number of ether oxygens (including phenoxy) is 2. The lowest BCUT2D eigenvalue weighted by Gasteiger charge is -2.37. The Morgan fingerprint density at radius 2 is 1.48 bits per heavy atom. The molecule has 2 aromatic carbocycles. The smallest absolute Gasteiger partial charge is 0.179 e. The molecule has 25 heavy (non-hydrogen) atoms. The summed E-state index contributed by atoms with van der Waals surface area (Å²) in [4.78, 5) is 12.6. The van der Waals surface area contributed by atoms with E-state index in [1.165, 1.54) is 0 Å². The third kappa shape index (κ3) is 2.72. The average molecular weight is 338 g/mol. The minimum atomic E-state index is -0.987. The van der Waals surface area contributed by atoms with Crippen LogP contribution in [0.2, 0.25) is 0 Å². The lowest BCUT2D eigenvalue weighted by Crippen LogP contribution is -2.47. The number of rotatable bonds is 5. The first-order chi connectivity index (χ1) is 11.9. The topological polar surface area (TPSA) is 35.5 Å². The fraction of sp³-hybridized carbons (Fsp3) is 0.409. The van der Waals surface area contributed by atoms with Crippen LogP contribution in [0.5, 0.6) is 0 Å². The number of carbonyl (C=O) groups excluding carboxylic acids is 1. The van der Waals surface area contributed by atoms with Crippen LogP contribution in [0.15, 0.2) is 60.7 Å². The lowest BCUT2D eigenvalue weighted by molar-refractivity contribution is -0.262. The molecule has 0 N–H and O–H groups in total. The molecule has 3 rings (SSSR count). The Morgan fingerprint density at radius 3 is 1.88 bits per heavy atom. The Bertz CT molecular complexity index is 701. The summed E-state index contributed by atoms with van der Waals surface area (Å²) in [5.74, 6) is -0.906. The van der Waals surface area contributed by atoms with Crippen molar-refractivity contribution >= 4 is 5.78 Å². The maximum Gasteiger partial charge on any atom is 0.179 e. The maximum atomic E-state index is 12.6. The van der Waals surface area contributed by atoms with E-state index in [-0.39, 0.29) is 5.78 Å². The van der Waals surface area contributed by atoms with Crippen LogP contribution in [-0.4, -0.2) is 18.2 Å². The summed E-state index contributed by atoms with van der Waals surface area (Å²) in [5, 5.41) is 0. The van der Waals surface area contributed by atoms with E-state index in [0.29, 0.717) is 13.0 Å². The predicted molar refractivity (Wildman–Crippen MR) is 98.2 cm³/mol. The first kappa shape index (κ1) is 17.8. The zero-order valence-corrected chi connectivity index (χ0v) is 15.4. The van der Waals surface area contributed by atoms with Gasteiger partial charge < -0.3 is 9.47 Å². The van der Waals surface area contributed by atoms with Crippen molar-refractivity contribution in [1.29, 1.82) is 0 Å². The van der Waals surface area contributed by atoms with Gasteiger partial charge in [0.1, 0.15) is 11.4 Å². The van der Waals surface area contributed by atoms with E-state index in [9.17, 15) is 4.79 Å². The van der Waals surface area contributed by atoms with Crippen LogP contribution in [0.1, 0.15) is 45.2 Å². The summed E-state index contributed by atoms with van der Waals surface area (Å²) in [6, 6.07) is 20.2. The number of Topliss-reactive ketones (excluding diaryl/α,β-unsaturated/α-hetero) is 1. The molecule has 2 unspecified atom stereocenters. The average Bonchev–Trinajstić information content (AvgIpc) is 2.87.